The lowest BCUT2D eigenvalue weighted by atomic mass is 10.1. The van der Waals surface area contributed by atoms with Crippen molar-refractivity contribution in [3.05, 3.63) is 12.4 Å². The first-order chi connectivity index (χ1) is 9.29. The van der Waals surface area contributed by atoms with Crippen molar-refractivity contribution in [2.45, 2.75) is 18.9 Å². The van der Waals surface area contributed by atoms with Gasteiger partial charge < -0.3 is 20.3 Å². The number of likely N-dealkylation sites (N-methyl/N-ethyl adjacent to an activating group) is 2. The minimum absolute atomic E-state index is 0.458. The van der Waals surface area contributed by atoms with E-state index in [1.807, 2.05) is 20.2 Å². The van der Waals surface area contributed by atoms with Gasteiger partial charge in [0, 0.05) is 45.5 Å². The molecule has 1 aromatic heterocycles. The normalized spacial score (nSPS) is 16.3. The Morgan fingerprint density at radius 2 is 2.16 bits per heavy atom. The van der Waals surface area contributed by atoms with Crippen molar-refractivity contribution in [2.75, 3.05) is 50.6 Å². The third-order valence-electron chi connectivity index (χ3n) is 3.31. The van der Waals surface area contributed by atoms with Crippen molar-refractivity contribution in [1.29, 1.82) is 0 Å². The van der Waals surface area contributed by atoms with Crippen molar-refractivity contribution in [2.24, 2.45) is 0 Å². The predicted octanol–water partition coefficient (Wildman–Crippen LogP) is 0.723. The SMILES string of the molecule is CNCCN(C)c1cc(NC2CCOCC2)ncn1. The standard InChI is InChI=1S/C13H23N5O/c1-14-5-6-18(2)13-9-12(15-10-16-13)17-11-3-7-19-8-4-11/h9-11,14H,3-8H2,1-2H3,(H,15,16,17). The van der Waals surface area contributed by atoms with Crippen molar-refractivity contribution in [3.63, 3.8) is 0 Å². The van der Waals surface area contributed by atoms with Crippen LogP contribution in [0.3, 0.4) is 0 Å². The van der Waals surface area contributed by atoms with Crippen LogP contribution >= 0.6 is 0 Å². The van der Waals surface area contributed by atoms with E-state index in [4.69, 9.17) is 4.74 Å². The van der Waals surface area contributed by atoms with Gasteiger partial charge in [0.1, 0.15) is 18.0 Å². The number of hydrogen-bond acceptors (Lipinski definition) is 6. The fourth-order valence-corrected chi connectivity index (χ4v) is 2.08. The highest BCUT2D eigenvalue weighted by molar-refractivity contribution is 5.48. The molecule has 0 aromatic carbocycles. The molecule has 6 heteroatoms. The molecular weight excluding hydrogens is 242 g/mol. The van der Waals surface area contributed by atoms with Crippen LogP contribution in [0, 0.1) is 0 Å². The maximum absolute atomic E-state index is 5.36. The second-order valence-corrected chi connectivity index (χ2v) is 4.82. The number of anilines is 2. The molecule has 0 radical (unpaired) electrons. The third-order valence-corrected chi connectivity index (χ3v) is 3.31. The zero-order valence-electron chi connectivity index (χ0n) is 11.7. The van der Waals surface area contributed by atoms with E-state index in [1.54, 1.807) is 6.33 Å². The van der Waals surface area contributed by atoms with Gasteiger partial charge in [0.05, 0.1) is 0 Å². The smallest absolute Gasteiger partial charge is 0.133 e. The molecule has 6 nitrogen and oxygen atoms in total. The predicted molar refractivity (Wildman–Crippen MR) is 76.7 cm³/mol. The van der Waals surface area contributed by atoms with Crippen LogP contribution in [-0.4, -0.2) is 56.4 Å². The maximum Gasteiger partial charge on any atom is 0.133 e. The zero-order valence-corrected chi connectivity index (χ0v) is 11.7. The number of hydrogen-bond donors (Lipinski definition) is 2. The molecule has 2 N–H and O–H groups in total. The molecule has 1 aliphatic heterocycles. The van der Waals surface area contributed by atoms with E-state index in [9.17, 15) is 0 Å². The number of nitrogens with one attached hydrogen (secondary N) is 2. The van der Waals surface area contributed by atoms with Gasteiger partial charge in [-0.05, 0) is 19.9 Å². The van der Waals surface area contributed by atoms with Gasteiger partial charge in [-0.3, -0.25) is 0 Å². The van der Waals surface area contributed by atoms with Crippen LogP contribution in [0.5, 0.6) is 0 Å². The average Bonchev–Trinajstić information content (AvgIpc) is 2.46. The van der Waals surface area contributed by atoms with Crippen molar-refractivity contribution in [1.82, 2.24) is 15.3 Å². The third kappa shape index (κ3) is 4.33. The number of aromatic nitrogens is 2. The molecule has 106 valence electrons. The second kappa shape index (κ2) is 7.25. The Hall–Kier alpha value is -1.40. The highest BCUT2D eigenvalue weighted by Crippen LogP contribution is 2.16. The first-order valence-electron chi connectivity index (χ1n) is 6.81. The Morgan fingerprint density at radius 3 is 2.89 bits per heavy atom. The molecule has 2 rings (SSSR count). The molecule has 0 amide bonds. The van der Waals surface area contributed by atoms with Crippen LogP contribution < -0.4 is 15.5 Å². The fourth-order valence-electron chi connectivity index (χ4n) is 2.08. The topological polar surface area (TPSA) is 62.3 Å². The first kappa shape index (κ1) is 14.0. The molecule has 1 saturated heterocycles. The van der Waals surface area contributed by atoms with Crippen LogP contribution in [0.4, 0.5) is 11.6 Å². The summed E-state index contributed by atoms with van der Waals surface area (Å²) in [6, 6.07) is 2.46. The van der Waals surface area contributed by atoms with E-state index in [2.05, 4.69) is 25.5 Å². The Morgan fingerprint density at radius 1 is 1.37 bits per heavy atom. The molecule has 1 fully saturated rings. The fraction of sp³-hybridized carbons (Fsp3) is 0.692. The molecule has 1 aromatic rings. The Labute approximate surface area is 114 Å². The monoisotopic (exact) mass is 265 g/mol. The molecular formula is C13H23N5O. The molecule has 0 bridgehead atoms. The quantitative estimate of drug-likeness (QED) is 0.790. The second-order valence-electron chi connectivity index (χ2n) is 4.82. The Bertz CT molecular complexity index is 381. The summed E-state index contributed by atoms with van der Waals surface area (Å²) < 4.78 is 5.36. The lowest BCUT2D eigenvalue weighted by molar-refractivity contribution is 0.0904. The molecule has 0 aliphatic carbocycles. The van der Waals surface area contributed by atoms with Crippen molar-refractivity contribution >= 4 is 11.6 Å². The van der Waals surface area contributed by atoms with Crippen LogP contribution in [0.15, 0.2) is 12.4 Å². The average molecular weight is 265 g/mol. The van der Waals surface area contributed by atoms with E-state index in [-0.39, 0.29) is 0 Å². The van der Waals surface area contributed by atoms with Gasteiger partial charge in [-0.1, -0.05) is 0 Å². The van der Waals surface area contributed by atoms with Gasteiger partial charge in [-0.15, -0.1) is 0 Å². The summed E-state index contributed by atoms with van der Waals surface area (Å²) in [4.78, 5) is 10.7. The summed E-state index contributed by atoms with van der Waals surface area (Å²) >= 11 is 0. The largest absolute Gasteiger partial charge is 0.381 e. The lowest BCUT2D eigenvalue weighted by Gasteiger charge is -2.24. The van der Waals surface area contributed by atoms with Gasteiger partial charge in [0.25, 0.3) is 0 Å². The van der Waals surface area contributed by atoms with Crippen molar-refractivity contribution < 1.29 is 4.74 Å². The maximum atomic E-state index is 5.36. The molecule has 1 aliphatic rings. The summed E-state index contributed by atoms with van der Waals surface area (Å²) in [5.74, 6) is 1.84. The van der Waals surface area contributed by atoms with Crippen LogP contribution in [-0.2, 0) is 4.74 Å². The van der Waals surface area contributed by atoms with E-state index >= 15 is 0 Å². The molecule has 0 atom stereocenters. The molecule has 0 unspecified atom stereocenters. The first-order valence-corrected chi connectivity index (χ1v) is 6.81. The number of ether oxygens (including phenoxy) is 1. The van der Waals surface area contributed by atoms with E-state index in [0.717, 1.165) is 50.8 Å². The van der Waals surface area contributed by atoms with Gasteiger partial charge in [-0.25, -0.2) is 9.97 Å². The van der Waals surface area contributed by atoms with Crippen molar-refractivity contribution in [3.8, 4) is 0 Å². The lowest BCUT2D eigenvalue weighted by Crippen LogP contribution is -2.29. The van der Waals surface area contributed by atoms with Gasteiger partial charge >= 0.3 is 0 Å². The molecule has 0 saturated carbocycles. The van der Waals surface area contributed by atoms with E-state index in [1.165, 1.54) is 0 Å². The highest BCUT2D eigenvalue weighted by Gasteiger charge is 2.14. The summed E-state index contributed by atoms with van der Waals surface area (Å²) in [5.41, 5.74) is 0. The summed E-state index contributed by atoms with van der Waals surface area (Å²) in [6.07, 6.45) is 3.69. The number of rotatable bonds is 6. The minimum Gasteiger partial charge on any atom is -0.381 e. The van der Waals surface area contributed by atoms with Gasteiger partial charge in [0.2, 0.25) is 0 Å². The molecule has 2 heterocycles. The van der Waals surface area contributed by atoms with Gasteiger partial charge in [-0.2, -0.15) is 0 Å². The molecule has 19 heavy (non-hydrogen) atoms. The van der Waals surface area contributed by atoms with E-state index in [0.29, 0.717) is 6.04 Å². The minimum atomic E-state index is 0.458. The summed E-state index contributed by atoms with van der Waals surface area (Å²) in [7, 11) is 3.99. The van der Waals surface area contributed by atoms with Crippen LogP contribution in [0.1, 0.15) is 12.8 Å². The van der Waals surface area contributed by atoms with E-state index < -0.39 is 0 Å². The van der Waals surface area contributed by atoms with Crippen LogP contribution in [0.25, 0.3) is 0 Å². The van der Waals surface area contributed by atoms with Gasteiger partial charge in [0.15, 0.2) is 0 Å². The Balaban J connectivity index is 1.93. The zero-order chi connectivity index (χ0) is 13.5. The highest BCUT2D eigenvalue weighted by atomic mass is 16.5. The number of nitrogens with zero attached hydrogens (tertiary/aromatic N) is 3. The van der Waals surface area contributed by atoms with Crippen LogP contribution in [0.2, 0.25) is 0 Å². The Kier molecular flexibility index (Phi) is 5.35. The molecule has 0 spiro atoms. The summed E-state index contributed by atoms with van der Waals surface area (Å²) in [5, 5.41) is 6.59. The summed E-state index contributed by atoms with van der Waals surface area (Å²) in [6.45, 7) is 3.52.